The van der Waals surface area contributed by atoms with E-state index in [9.17, 15) is 0 Å². The molecule has 0 radical (unpaired) electrons. The average molecular weight is 275 g/mol. The summed E-state index contributed by atoms with van der Waals surface area (Å²) in [5.41, 5.74) is 9.12. The molecule has 1 heterocycles. The summed E-state index contributed by atoms with van der Waals surface area (Å²) in [5, 5.41) is 0. The SMILES string of the molecule is CCCn1c(CC(C)COC)nc2cc(CN)ccc21. The largest absolute Gasteiger partial charge is 0.384 e. The van der Waals surface area contributed by atoms with Crippen LogP contribution in [-0.4, -0.2) is 23.3 Å². The third kappa shape index (κ3) is 3.19. The minimum absolute atomic E-state index is 0.474. The molecule has 110 valence electrons. The van der Waals surface area contributed by atoms with Gasteiger partial charge in [-0.1, -0.05) is 19.9 Å². The number of methoxy groups -OCH3 is 1. The molecular weight excluding hydrogens is 250 g/mol. The van der Waals surface area contributed by atoms with Gasteiger partial charge in [-0.25, -0.2) is 4.98 Å². The Balaban J connectivity index is 2.38. The maximum absolute atomic E-state index is 5.71. The van der Waals surface area contributed by atoms with E-state index in [1.54, 1.807) is 7.11 Å². The molecule has 4 heteroatoms. The number of benzene rings is 1. The van der Waals surface area contributed by atoms with E-state index in [0.29, 0.717) is 12.5 Å². The van der Waals surface area contributed by atoms with Crippen molar-refractivity contribution >= 4 is 11.0 Å². The monoisotopic (exact) mass is 275 g/mol. The quantitative estimate of drug-likeness (QED) is 0.845. The van der Waals surface area contributed by atoms with Crippen LogP contribution in [0, 0.1) is 5.92 Å². The van der Waals surface area contributed by atoms with Crippen LogP contribution in [0.1, 0.15) is 31.7 Å². The standard InChI is InChI=1S/C16H25N3O/c1-4-7-19-15-6-5-13(10-17)9-14(15)18-16(19)8-12(2)11-20-3/h5-6,9,12H,4,7-8,10-11,17H2,1-3H3. The Bertz CT molecular complexity index is 562. The van der Waals surface area contributed by atoms with E-state index in [4.69, 9.17) is 15.5 Å². The van der Waals surface area contributed by atoms with Crippen LogP contribution in [0.3, 0.4) is 0 Å². The minimum atomic E-state index is 0.474. The number of nitrogens with two attached hydrogens (primary N) is 1. The van der Waals surface area contributed by atoms with Gasteiger partial charge in [0.25, 0.3) is 0 Å². The lowest BCUT2D eigenvalue weighted by Crippen LogP contribution is -2.12. The summed E-state index contributed by atoms with van der Waals surface area (Å²) >= 11 is 0. The van der Waals surface area contributed by atoms with Gasteiger partial charge in [0.2, 0.25) is 0 Å². The van der Waals surface area contributed by atoms with Gasteiger partial charge >= 0.3 is 0 Å². The number of fused-ring (bicyclic) bond motifs is 1. The topological polar surface area (TPSA) is 53.1 Å². The first-order chi connectivity index (χ1) is 9.69. The fourth-order valence-electron chi connectivity index (χ4n) is 2.64. The molecule has 1 atom stereocenters. The van der Waals surface area contributed by atoms with E-state index < -0.39 is 0 Å². The minimum Gasteiger partial charge on any atom is -0.384 e. The van der Waals surface area contributed by atoms with Crippen LogP contribution >= 0.6 is 0 Å². The van der Waals surface area contributed by atoms with Crippen molar-refractivity contribution < 1.29 is 4.74 Å². The van der Waals surface area contributed by atoms with Crippen molar-refractivity contribution in [3.05, 3.63) is 29.6 Å². The lowest BCUT2D eigenvalue weighted by molar-refractivity contribution is 0.158. The van der Waals surface area contributed by atoms with Gasteiger partial charge in [0, 0.05) is 33.2 Å². The van der Waals surface area contributed by atoms with Crippen molar-refractivity contribution in [2.45, 2.75) is 39.8 Å². The van der Waals surface area contributed by atoms with Gasteiger partial charge in [0.05, 0.1) is 11.0 Å². The van der Waals surface area contributed by atoms with Crippen molar-refractivity contribution in [3.8, 4) is 0 Å². The van der Waals surface area contributed by atoms with Crippen LogP contribution in [0.5, 0.6) is 0 Å². The van der Waals surface area contributed by atoms with Gasteiger partial charge in [0.1, 0.15) is 5.82 Å². The molecular formula is C16H25N3O. The molecule has 1 aromatic carbocycles. The van der Waals surface area contributed by atoms with Crippen LogP contribution < -0.4 is 5.73 Å². The predicted molar refractivity (Wildman–Crippen MR) is 82.7 cm³/mol. The fraction of sp³-hybridized carbons (Fsp3) is 0.562. The highest BCUT2D eigenvalue weighted by Gasteiger charge is 2.13. The Kier molecular flexibility index (Phi) is 5.15. The summed E-state index contributed by atoms with van der Waals surface area (Å²) in [5.74, 6) is 1.63. The van der Waals surface area contributed by atoms with Crippen molar-refractivity contribution in [3.63, 3.8) is 0 Å². The molecule has 1 unspecified atom stereocenters. The molecule has 2 N–H and O–H groups in total. The first-order valence-electron chi connectivity index (χ1n) is 7.36. The number of hydrogen-bond acceptors (Lipinski definition) is 3. The van der Waals surface area contributed by atoms with Gasteiger partial charge in [-0.05, 0) is 30.0 Å². The van der Waals surface area contributed by atoms with Crippen molar-refractivity contribution in [1.29, 1.82) is 0 Å². The lowest BCUT2D eigenvalue weighted by Gasteiger charge is -2.12. The highest BCUT2D eigenvalue weighted by atomic mass is 16.5. The van der Waals surface area contributed by atoms with E-state index >= 15 is 0 Å². The molecule has 1 aromatic heterocycles. The summed E-state index contributed by atoms with van der Waals surface area (Å²) < 4.78 is 7.57. The molecule has 0 saturated carbocycles. The van der Waals surface area contributed by atoms with E-state index in [-0.39, 0.29) is 0 Å². The van der Waals surface area contributed by atoms with Crippen LogP contribution in [0.4, 0.5) is 0 Å². The molecule has 0 aliphatic rings. The van der Waals surface area contributed by atoms with Crippen molar-refractivity contribution in [2.24, 2.45) is 11.7 Å². The molecule has 4 nitrogen and oxygen atoms in total. The summed E-state index contributed by atoms with van der Waals surface area (Å²) in [7, 11) is 1.75. The molecule has 20 heavy (non-hydrogen) atoms. The highest BCUT2D eigenvalue weighted by Crippen LogP contribution is 2.20. The van der Waals surface area contributed by atoms with Crippen molar-refractivity contribution in [1.82, 2.24) is 9.55 Å². The molecule has 0 saturated heterocycles. The Morgan fingerprint density at radius 3 is 2.85 bits per heavy atom. The Morgan fingerprint density at radius 2 is 2.20 bits per heavy atom. The van der Waals surface area contributed by atoms with E-state index in [0.717, 1.165) is 42.9 Å². The Hall–Kier alpha value is -1.39. The van der Waals surface area contributed by atoms with Crippen LogP contribution in [0.15, 0.2) is 18.2 Å². The van der Waals surface area contributed by atoms with Gasteiger partial charge in [0.15, 0.2) is 0 Å². The van der Waals surface area contributed by atoms with Crippen LogP contribution in [-0.2, 0) is 24.2 Å². The number of aryl methyl sites for hydroxylation is 1. The molecule has 0 spiro atoms. The second-order valence-electron chi connectivity index (χ2n) is 5.47. The van der Waals surface area contributed by atoms with Crippen molar-refractivity contribution in [2.75, 3.05) is 13.7 Å². The maximum Gasteiger partial charge on any atom is 0.110 e. The van der Waals surface area contributed by atoms with Gasteiger partial charge in [-0.2, -0.15) is 0 Å². The molecule has 0 aliphatic carbocycles. The van der Waals surface area contributed by atoms with E-state index in [2.05, 4.69) is 36.6 Å². The predicted octanol–water partition coefficient (Wildman–Crippen LogP) is 2.73. The van der Waals surface area contributed by atoms with Crippen LogP contribution in [0.2, 0.25) is 0 Å². The third-order valence-corrected chi connectivity index (χ3v) is 3.56. The summed E-state index contributed by atoms with van der Waals surface area (Å²) in [6, 6.07) is 6.34. The first kappa shape index (κ1) is 15.0. The smallest absolute Gasteiger partial charge is 0.110 e. The molecule has 0 bridgehead atoms. The first-order valence-corrected chi connectivity index (χ1v) is 7.36. The van der Waals surface area contributed by atoms with Gasteiger partial charge in [-0.3, -0.25) is 0 Å². The Morgan fingerprint density at radius 1 is 1.40 bits per heavy atom. The molecule has 0 aliphatic heterocycles. The van der Waals surface area contributed by atoms with Crippen LogP contribution in [0.25, 0.3) is 11.0 Å². The normalized spacial score (nSPS) is 13.0. The summed E-state index contributed by atoms with van der Waals surface area (Å²) in [6.07, 6.45) is 2.05. The molecule has 0 amide bonds. The molecule has 2 rings (SSSR count). The zero-order valence-corrected chi connectivity index (χ0v) is 12.7. The Labute approximate surface area is 120 Å². The zero-order chi connectivity index (χ0) is 14.5. The number of rotatable bonds is 7. The average Bonchev–Trinajstić information content (AvgIpc) is 2.76. The zero-order valence-electron chi connectivity index (χ0n) is 12.7. The summed E-state index contributed by atoms with van der Waals surface area (Å²) in [4.78, 5) is 4.81. The van der Waals surface area contributed by atoms with E-state index in [1.807, 2.05) is 0 Å². The number of hydrogen-bond donors (Lipinski definition) is 1. The number of nitrogens with zero attached hydrogens (tertiary/aromatic N) is 2. The second-order valence-corrected chi connectivity index (χ2v) is 5.47. The number of ether oxygens (including phenoxy) is 1. The third-order valence-electron chi connectivity index (χ3n) is 3.56. The number of imidazole rings is 1. The second kappa shape index (κ2) is 6.86. The molecule has 0 fully saturated rings. The fourth-order valence-corrected chi connectivity index (χ4v) is 2.64. The number of aromatic nitrogens is 2. The molecule has 2 aromatic rings. The maximum atomic E-state index is 5.71. The van der Waals surface area contributed by atoms with E-state index in [1.165, 1.54) is 5.52 Å². The highest BCUT2D eigenvalue weighted by molar-refractivity contribution is 5.77. The summed E-state index contributed by atoms with van der Waals surface area (Å²) in [6.45, 7) is 6.73. The lowest BCUT2D eigenvalue weighted by atomic mass is 10.1. The van der Waals surface area contributed by atoms with Gasteiger partial charge < -0.3 is 15.0 Å². The van der Waals surface area contributed by atoms with Gasteiger partial charge in [-0.15, -0.1) is 0 Å².